The molecule has 1 amide bonds. The van der Waals surface area contributed by atoms with Crippen molar-refractivity contribution in [2.45, 2.75) is 19.3 Å². The number of hydrogen-bond acceptors (Lipinski definition) is 3. The first-order chi connectivity index (χ1) is 9.17. The molecule has 0 spiro atoms. The zero-order valence-corrected chi connectivity index (χ0v) is 11.7. The molecule has 1 heterocycles. The quantitative estimate of drug-likeness (QED) is 0.905. The molecule has 1 saturated heterocycles. The van der Waals surface area contributed by atoms with E-state index in [2.05, 4.69) is 17.3 Å². The summed E-state index contributed by atoms with van der Waals surface area (Å²) in [6, 6.07) is 7.43. The number of ether oxygens (including phenoxy) is 1. The van der Waals surface area contributed by atoms with Crippen molar-refractivity contribution in [3.63, 3.8) is 0 Å². The summed E-state index contributed by atoms with van der Waals surface area (Å²) in [6.45, 7) is 2.17. The van der Waals surface area contributed by atoms with Crippen LogP contribution in [0.25, 0.3) is 0 Å². The van der Waals surface area contributed by atoms with Crippen molar-refractivity contribution in [3.05, 3.63) is 24.3 Å². The first-order valence-corrected chi connectivity index (χ1v) is 6.80. The summed E-state index contributed by atoms with van der Waals surface area (Å²) in [5.41, 5.74) is 0.829. The molecule has 2 rings (SSSR count). The molecule has 1 unspecified atom stereocenters. The Morgan fingerprint density at radius 1 is 1.42 bits per heavy atom. The molecule has 0 saturated carbocycles. The van der Waals surface area contributed by atoms with Crippen LogP contribution in [0.5, 0.6) is 5.75 Å². The molecule has 1 aromatic carbocycles. The standard InChI is InChI=1S/C15H22N2O2/c1-17-9-3-4-12(11-17)10-15(18)16-13-5-7-14(19-2)8-6-13/h5-8,12H,3-4,9-11H2,1-2H3,(H,16,18). The molecule has 4 nitrogen and oxygen atoms in total. The fraction of sp³-hybridized carbons (Fsp3) is 0.533. The average Bonchev–Trinajstić information content (AvgIpc) is 2.39. The Morgan fingerprint density at radius 2 is 2.16 bits per heavy atom. The lowest BCUT2D eigenvalue weighted by Gasteiger charge is -2.29. The molecule has 0 bridgehead atoms. The van der Waals surface area contributed by atoms with Gasteiger partial charge in [0.05, 0.1) is 7.11 Å². The van der Waals surface area contributed by atoms with Gasteiger partial charge in [-0.25, -0.2) is 0 Å². The van der Waals surface area contributed by atoms with Gasteiger partial charge in [0.15, 0.2) is 0 Å². The van der Waals surface area contributed by atoms with Crippen LogP contribution < -0.4 is 10.1 Å². The van der Waals surface area contributed by atoms with Crippen LogP contribution in [0.4, 0.5) is 5.69 Å². The van der Waals surface area contributed by atoms with Crippen molar-refractivity contribution in [2.24, 2.45) is 5.92 Å². The fourth-order valence-electron chi connectivity index (χ4n) is 2.59. The second-order valence-corrected chi connectivity index (χ2v) is 5.25. The number of carbonyl (C=O) groups excluding carboxylic acids is 1. The zero-order valence-electron chi connectivity index (χ0n) is 11.7. The highest BCUT2D eigenvalue weighted by atomic mass is 16.5. The largest absolute Gasteiger partial charge is 0.497 e. The van der Waals surface area contributed by atoms with Crippen molar-refractivity contribution in [1.82, 2.24) is 4.90 Å². The topological polar surface area (TPSA) is 41.6 Å². The Bertz CT molecular complexity index is 417. The molecule has 1 aromatic rings. The highest BCUT2D eigenvalue weighted by Gasteiger charge is 2.19. The predicted octanol–water partition coefficient (Wildman–Crippen LogP) is 2.37. The number of nitrogens with one attached hydrogen (secondary N) is 1. The van der Waals surface area contributed by atoms with Crippen LogP contribution in [0.2, 0.25) is 0 Å². The minimum Gasteiger partial charge on any atom is -0.497 e. The van der Waals surface area contributed by atoms with E-state index < -0.39 is 0 Å². The van der Waals surface area contributed by atoms with Gasteiger partial charge in [-0.1, -0.05) is 0 Å². The molecule has 1 N–H and O–H groups in total. The SMILES string of the molecule is COc1ccc(NC(=O)CC2CCCN(C)C2)cc1. The predicted molar refractivity (Wildman–Crippen MR) is 76.5 cm³/mol. The first-order valence-electron chi connectivity index (χ1n) is 6.80. The molecule has 1 fully saturated rings. The normalized spacial score (nSPS) is 20.0. The monoisotopic (exact) mass is 262 g/mol. The van der Waals surface area contributed by atoms with Crippen LogP contribution in [-0.2, 0) is 4.79 Å². The molecular formula is C15H22N2O2. The number of methoxy groups -OCH3 is 1. The number of likely N-dealkylation sites (tertiary alicyclic amines) is 1. The van der Waals surface area contributed by atoms with E-state index >= 15 is 0 Å². The van der Waals surface area contributed by atoms with Crippen molar-refractivity contribution < 1.29 is 9.53 Å². The van der Waals surface area contributed by atoms with E-state index in [0.29, 0.717) is 12.3 Å². The van der Waals surface area contributed by atoms with Gasteiger partial charge in [-0.2, -0.15) is 0 Å². The summed E-state index contributed by atoms with van der Waals surface area (Å²) in [4.78, 5) is 14.3. The lowest BCUT2D eigenvalue weighted by atomic mass is 9.95. The number of anilines is 1. The van der Waals surface area contributed by atoms with Gasteiger partial charge in [0.25, 0.3) is 0 Å². The number of rotatable bonds is 4. The van der Waals surface area contributed by atoms with Gasteiger partial charge < -0.3 is 15.0 Å². The third kappa shape index (κ3) is 4.24. The Balaban J connectivity index is 1.83. The van der Waals surface area contributed by atoms with Crippen molar-refractivity contribution >= 4 is 11.6 Å². The summed E-state index contributed by atoms with van der Waals surface area (Å²) >= 11 is 0. The fourth-order valence-corrected chi connectivity index (χ4v) is 2.59. The van der Waals surface area contributed by atoms with Gasteiger partial charge in [0, 0.05) is 18.7 Å². The first kappa shape index (κ1) is 13.9. The van der Waals surface area contributed by atoms with Crippen LogP contribution in [0.15, 0.2) is 24.3 Å². The molecule has 19 heavy (non-hydrogen) atoms. The highest BCUT2D eigenvalue weighted by molar-refractivity contribution is 5.90. The third-order valence-corrected chi connectivity index (χ3v) is 3.57. The maximum Gasteiger partial charge on any atom is 0.224 e. The van der Waals surface area contributed by atoms with Crippen molar-refractivity contribution in [3.8, 4) is 5.75 Å². The van der Waals surface area contributed by atoms with E-state index in [1.165, 1.54) is 6.42 Å². The lowest BCUT2D eigenvalue weighted by Crippen LogP contribution is -2.34. The van der Waals surface area contributed by atoms with Crippen molar-refractivity contribution in [1.29, 1.82) is 0 Å². The summed E-state index contributed by atoms with van der Waals surface area (Å²) in [6.07, 6.45) is 2.95. The molecule has 4 heteroatoms. The number of nitrogens with zero attached hydrogens (tertiary/aromatic N) is 1. The summed E-state index contributed by atoms with van der Waals surface area (Å²) in [5, 5.41) is 2.94. The van der Waals surface area contributed by atoms with Crippen LogP contribution in [0.3, 0.4) is 0 Å². The number of piperidine rings is 1. The molecule has 1 aliphatic rings. The molecule has 0 radical (unpaired) electrons. The summed E-state index contributed by atoms with van der Waals surface area (Å²) in [7, 11) is 3.75. The average molecular weight is 262 g/mol. The third-order valence-electron chi connectivity index (χ3n) is 3.57. The molecule has 0 aliphatic carbocycles. The van der Waals surface area contributed by atoms with Gasteiger partial charge >= 0.3 is 0 Å². The van der Waals surface area contributed by atoms with E-state index in [0.717, 1.165) is 30.9 Å². The maximum atomic E-state index is 12.0. The van der Waals surface area contributed by atoms with Gasteiger partial charge in [-0.15, -0.1) is 0 Å². The Hall–Kier alpha value is -1.55. The minimum absolute atomic E-state index is 0.102. The summed E-state index contributed by atoms with van der Waals surface area (Å²) in [5.74, 6) is 1.38. The lowest BCUT2D eigenvalue weighted by molar-refractivity contribution is -0.117. The van der Waals surface area contributed by atoms with E-state index in [4.69, 9.17) is 4.74 Å². The molecule has 1 atom stereocenters. The van der Waals surface area contributed by atoms with E-state index in [9.17, 15) is 4.79 Å². The number of benzene rings is 1. The van der Waals surface area contributed by atoms with Gasteiger partial charge in [-0.3, -0.25) is 4.79 Å². The van der Waals surface area contributed by atoms with Crippen LogP contribution >= 0.6 is 0 Å². The Labute approximate surface area is 114 Å². The number of carbonyl (C=O) groups is 1. The smallest absolute Gasteiger partial charge is 0.224 e. The van der Waals surface area contributed by atoms with Gasteiger partial charge in [-0.05, 0) is 56.6 Å². The second-order valence-electron chi connectivity index (χ2n) is 5.25. The summed E-state index contributed by atoms with van der Waals surface area (Å²) < 4.78 is 5.09. The van der Waals surface area contributed by atoms with E-state index in [1.54, 1.807) is 7.11 Å². The number of hydrogen-bond donors (Lipinski definition) is 1. The van der Waals surface area contributed by atoms with Crippen molar-refractivity contribution in [2.75, 3.05) is 32.6 Å². The molecule has 0 aromatic heterocycles. The van der Waals surface area contributed by atoms with Crippen LogP contribution in [0.1, 0.15) is 19.3 Å². The maximum absolute atomic E-state index is 12.0. The molecule has 1 aliphatic heterocycles. The highest BCUT2D eigenvalue weighted by Crippen LogP contribution is 2.20. The Kier molecular flexibility index (Phi) is 4.80. The van der Waals surface area contributed by atoms with E-state index in [-0.39, 0.29) is 5.91 Å². The van der Waals surface area contributed by atoms with E-state index in [1.807, 2.05) is 24.3 Å². The molecule has 104 valence electrons. The van der Waals surface area contributed by atoms with Gasteiger partial charge in [0.1, 0.15) is 5.75 Å². The van der Waals surface area contributed by atoms with Gasteiger partial charge in [0.2, 0.25) is 5.91 Å². The van der Waals surface area contributed by atoms with Crippen LogP contribution in [0, 0.1) is 5.92 Å². The minimum atomic E-state index is 0.102. The Morgan fingerprint density at radius 3 is 2.79 bits per heavy atom. The zero-order chi connectivity index (χ0) is 13.7. The second kappa shape index (κ2) is 6.57. The molecular weight excluding hydrogens is 240 g/mol. The van der Waals surface area contributed by atoms with Crippen LogP contribution in [-0.4, -0.2) is 38.1 Å². The number of amides is 1.